The van der Waals surface area contributed by atoms with Crippen molar-refractivity contribution >= 4 is 0 Å². The highest BCUT2D eigenvalue weighted by atomic mass is 19.4. The molecular formula is C9H7F6NO. The molecule has 0 aromatic heterocycles. The molecule has 1 rings (SSSR count). The van der Waals surface area contributed by atoms with Crippen LogP contribution in [-0.2, 0) is 12.7 Å². The van der Waals surface area contributed by atoms with E-state index in [1.807, 2.05) is 0 Å². The third kappa shape index (κ3) is 3.81. The van der Waals surface area contributed by atoms with Crippen molar-refractivity contribution in [3.8, 4) is 5.75 Å². The third-order valence-electron chi connectivity index (χ3n) is 1.81. The van der Waals surface area contributed by atoms with Crippen LogP contribution in [0.4, 0.5) is 26.3 Å². The maximum atomic E-state index is 12.4. The van der Waals surface area contributed by atoms with Crippen molar-refractivity contribution in [2.24, 2.45) is 5.73 Å². The summed E-state index contributed by atoms with van der Waals surface area (Å²) in [7, 11) is 0. The molecule has 0 saturated heterocycles. The van der Waals surface area contributed by atoms with E-state index < -0.39 is 23.9 Å². The van der Waals surface area contributed by atoms with E-state index in [0.717, 1.165) is 6.07 Å². The van der Waals surface area contributed by atoms with Gasteiger partial charge in [-0.25, -0.2) is 0 Å². The molecule has 8 heteroatoms. The largest absolute Gasteiger partial charge is 0.573 e. The molecule has 0 radical (unpaired) electrons. The molecule has 0 heterocycles. The molecule has 0 unspecified atom stereocenters. The minimum absolute atomic E-state index is 0.109. The Bertz CT molecular complexity index is 397. The van der Waals surface area contributed by atoms with Gasteiger partial charge in [0.05, 0.1) is 5.56 Å². The number of hydrogen-bond acceptors (Lipinski definition) is 2. The van der Waals surface area contributed by atoms with Crippen molar-refractivity contribution in [2.75, 3.05) is 0 Å². The number of benzene rings is 1. The van der Waals surface area contributed by atoms with Gasteiger partial charge in [-0.15, -0.1) is 13.2 Å². The normalized spacial score (nSPS) is 12.6. The summed E-state index contributed by atoms with van der Waals surface area (Å²) in [5.41, 5.74) is 3.74. The van der Waals surface area contributed by atoms with Crippen LogP contribution in [0.25, 0.3) is 0 Å². The van der Waals surface area contributed by atoms with Gasteiger partial charge in [-0.3, -0.25) is 0 Å². The molecule has 0 fully saturated rings. The van der Waals surface area contributed by atoms with Crippen LogP contribution in [0.15, 0.2) is 18.2 Å². The zero-order valence-electron chi connectivity index (χ0n) is 8.19. The van der Waals surface area contributed by atoms with Crippen LogP contribution in [0.5, 0.6) is 5.75 Å². The van der Waals surface area contributed by atoms with Crippen molar-refractivity contribution in [3.05, 3.63) is 29.3 Å². The second-order valence-electron chi connectivity index (χ2n) is 3.08. The van der Waals surface area contributed by atoms with Gasteiger partial charge in [-0.1, -0.05) is 6.07 Å². The summed E-state index contributed by atoms with van der Waals surface area (Å²) in [6.07, 6.45) is -10.1. The zero-order chi connectivity index (χ0) is 13.3. The smallest absolute Gasteiger partial charge is 0.405 e. The van der Waals surface area contributed by atoms with E-state index in [1.165, 1.54) is 0 Å². The Balaban J connectivity index is 3.22. The number of nitrogens with two attached hydrogens (primary N) is 1. The third-order valence-corrected chi connectivity index (χ3v) is 1.81. The van der Waals surface area contributed by atoms with Crippen molar-refractivity contribution in [1.29, 1.82) is 0 Å². The zero-order valence-corrected chi connectivity index (χ0v) is 8.19. The molecule has 2 nitrogen and oxygen atoms in total. The van der Waals surface area contributed by atoms with E-state index in [1.54, 1.807) is 0 Å². The first-order chi connectivity index (χ1) is 7.63. The lowest BCUT2D eigenvalue weighted by molar-refractivity contribution is -0.276. The molecule has 0 atom stereocenters. The highest BCUT2D eigenvalue weighted by Crippen LogP contribution is 2.38. The van der Waals surface area contributed by atoms with Crippen LogP contribution in [0, 0.1) is 0 Å². The monoisotopic (exact) mass is 259 g/mol. The van der Waals surface area contributed by atoms with E-state index in [2.05, 4.69) is 4.74 Å². The summed E-state index contributed by atoms with van der Waals surface area (Å²) in [5.74, 6) is -1.30. The highest BCUT2D eigenvalue weighted by molar-refractivity contribution is 5.39. The quantitative estimate of drug-likeness (QED) is 0.828. The molecule has 1 aromatic rings. The van der Waals surface area contributed by atoms with Crippen molar-refractivity contribution in [1.82, 2.24) is 0 Å². The molecule has 2 N–H and O–H groups in total. The Kier molecular flexibility index (Phi) is 3.56. The summed E-state index contributed by atoms with van der Waals surface area (Å²) in [6, 6.07) is 2.12. The van der Waals surface area contributed by atoms with E-state index in [0.29, 0.717) is 12.1 Å². The fourth-order valence-electron chi connectivity index (χ4n) is 1.14. The molecule has 0 amide bonds. The maximum Gasteiger partial charge on any atom is 0.573 e. The lowest BCUT2D eigenvalue weighted by atomic mass is 10.1. The van der Waals surface area contributed by atoms with Crippen LogP contribution >= 0.6 is 0 Å². The van der Waals surface area contributed by atoms with Gasteiger partial charge < -0.3 is 10.5 Å². The summed E-state index contributed by atoms with van der Waals surface area (Å²) in [4.78, 5) is 0. The van der Waals surface area contributed by atoms with Gasteiger partial charge in [0.2, 0.25) is 0 Å². The van der Waals surface area contributed by atoms with Crippen molar-refractivity contribution in [2.45, 2.75) is 19.1 Å². The van der Waals surface area contributed by atoms with Gasteiger partial charge in [0.25, 0.3) is 0 Å². The fourth-order valence-corrected chi connectivity index (χ4v) is 1.14. The van der Waals surface area contributed by atoms with Crippen LogP contribution in [-0.4, -0.2) is 6.36 Å². The van der Waals surface area contributed by atoms with Crippen LogP contribution in [0.3, 0.4) is 0 Å². The lowest BCUT2D eigenvalue weighted by Gasteiger charge is -2.16. The Hall–Kier alpha value is -1.44. The lowest BCUT2D eigenvalue weighted by Crippen LogP contribution is -2.20. The molecule has 0 bridgehead atoms. The van der Waals surface area contributed by atoms with Crippen molar-refractivity contribution < 1.29 is 31.1 Å². The number of hydrogen-bond donors (Lipinski definition) is 1. The number of rotatable bonds is 2. The van der Waals surface area contributed by atoms with Gasteiger partial charge in [-0.05, 0) is 17.7 Å². The maximum absolute atomic E-state index is 12.4. The topological polar surface area (TPSA) is 35.2 Å². The van der Waals surface area contributed by atoms with E-state index in [-0.39, 0.29) is 12.1 Å². The second kappa shape index (κ2) is 4.44. The minimum Gasteiger partial charge on any atom is -0.405 e. The SMILES string of the molecule is NCc1ccc(C(F)(F)F)c(OC(F)(F)F)c1. The Labute approximate surface area is 92.0 Å². The molecular weight excluding hydrogens is 252 g/mol. The summed E-state index contributed by atoms with van der Waals surface area (Å²) in [5, 5.41) is 0. The Morgan fingerprint density at radius 1 is 1.06 bits per heavy atom. The van der Waals surface area contributed by atoms with Gasteiger partial charge in [-0.2, -0.15) is 13.2 Å². The highest BCUT2D eigenvalue weighted by Gasteiger charge is 2.39. The van der Waals surface area contributed by atoms with E-state index in [4.69, 9.17) is 5.73 Å². The molecule has 96 valence electrons. The first kappa shape index (κ1) is 13.6. The summed E-state index contributed by atoms with van der Waals surface area (Å²) >= 11 is 0. The van der Waals surface area contributed by atoms with E-state index >= 15 is 0 Å². The standard InChI is InChI=1S/C9H7F6NO/c10-8(11,12)6-2-1-5(4-16)3-7(6)17-9(13,14)15/h1-3H,4,16H2. The summed E-state index contributed by atoms with van der Waals surface area (Å²) in [6.45, 7) is -0.188. The molecule has 1 aromatic carbocycles. The van der Waals surface area contributed by atoms with Crippen molar-refractivity contribution in [3.63, 3.8) is 0 Å². The fraction of sp³-hybridized carbons (Fsp3) is 0.333. The molecule has 0 aliphatic rings. The first-order valence-electron chi connectivity index (χ1n) is 4.29. The second-order valence-corrected chi connectivity index (χ2v) is 3.08. The van der Waals surface area contributed by atoms with Crippen LogP contribution in [0.2, 0.25) is 0 Å². The van der Waals surface area contributed by atoms with Gasteiger partial charge in [0.1, 0.15) is 5.75 Å². The predicted molar refractivity (Wildman–Crippen MR) is 46.0 cm³/mol. The van der Waals surface area contributed by atoms with Crippen LogP contribution < -0.4 is 10.5 Å². The van der Waals surface area contributed by atoms with Gasteiger partial charge >= 0.3 is 12.5 Å². The number of alkyl halides is 6. The molecule has 17 heavy (non-hydrogen) atoms. The Morgan fingerprint density at radius 3 is 2.06 bits per heavy atom. The number of ether oxygens (including phenoxy) is 1. The summed E-state index contributed by atoms with van der Waals surface area (Å²) < 4.78 is 76.2. The average molecular weight is 259 g/mol. The van der Waals surface area contributed by atoms with E-state index in [9.17, 15) is 26.3 Å². The minimum atomic E-state index is -5.19. The first-order valence-corrected chi connectivity index (χ1v) is 4.29. The molecule has 0 saturated carbocycles. The average Bonchev–Trinajstić information content (AvgIpc) is 2.13. The van der Waals surface area contributed by atoms with Gasteiger partial charge in [0.15, 0.2) is 0 Å². The Morgan fingerprint density at radius 2 is 1.65 bits per heavy atom. The predicted octanol–water partition coefficient (Wildman–Crippen LogP) is 3.06. The molecule has 0 aliphatic heterocycles. The van der Waals surface area contributed by atoms with Gasteiger partial charge in [0, 0.05) is 6.54 Å². The number of halogens is 6. The molecule has 0 aliphatic carbocycles. The molecule has 0 spiro atoms. The van der Waals surface area contributed by atoms with Crippen LogP contribution in [0.1, 0.15) is 11.1 Å².